The first-order valence-electron chi connectivity index (χ1n) is 4.22. The van der Waals surface area contributed by atoms with Crippen molar-refractivity contribution in [2.75, 3.05) is 11.1 Å². The van der Waals surface area contributed by atoms with Crippen LogP contribution in [-0.4, -0.2) is 11.1 Å². The van der Waals surface area contributed by atoms with Gasteiger partial charge in [0, 0.05) is 28.9 Å². The fraction of sp³-hybridized carbons (Fsp3) is 0.300. The summed E-state index contributed by atoms with van der Waals surface area (Å²) >= 11 is 8.87. The molecule has 0 amide bonds. The first-order chi connectivity index (χ1) is 6.69. The van der Waals surface area contributed by atoms with E-state index in [-0.39, 0.29) is 5.78 Å². The predicted octanol–water partition coefficient (Wildman–Crippen LogP) is 2.98. The third-order valence-corrected chi connectivity index (χ3v) is 2.62. The van der Waals surface area contributed by atoms with Gasteiger partial charge in [0.05, 0.1) is 0 Å². The summed E-state index contributed by atoms with van der Waals surface area (Å²) in [6, 6.07) is 5.24. The lowest BCUT2D eigenvalue weighted by Gasteiger charge is -2.04. The molecular formula is C10H11BrClNO. The molecule has 4 heteroatoms. The SMILES string of the molecule is Nc1cc(C(=O)CCBr)ccc1CCl. The smallest absolute Gasteiger partial charge is 0.163 e. The minimum absolute atomic E-state index is 0.0923. The first-order valence-corrected chi connectivity index (χ1v) is 5.88. The highest BCUT2D eigenvalue weighted by Gasteiger charge is 2.06. The van der Waals surface area contributed by atoms with Crippen molar-refractivity contribution in [3.05, 3.63) is 29.3 Å². The van der Waals surface area contributed by atoms with E-state index in [0.29, 0.717) is 28.9 Å². The van der Waals surface area contributed by atoms with Crippen molar-refractivity contribution >= 4 is 39.0 Å². The second kappa shape index (κ2) is 5.37. The van der Waals surface area contributed by atoms with E-state index in [2.05, 4.69) is 15.9 Å². The Kier molecular flexibility index (Phi) is 4.42. The number of nitrogen functional groups attached to an aromatic ring is 1. The van der Waals surface area contributed by atoms with Crippen LogP contribution in [0.15, 0.2) is 18.2 Å². The topological polar surface area (TPSA) is 43.1 Å². The van der Waals surface area contributed by atoms with Crippen molar-refractivity contribution in [2.45, 2.75) is 12.3 Å². The van der Waals surface area contributed by atoms with E-state index >= 15 is 0 Å². The Morgan fingerprint density at radius 1 is 1.50 bits per heavy atom. The standard InChI is InChI=1S/C10H11BrClNO/c11-4-3-10(14)7-1-2-8(6-12)9(13)5-7/h1-2,5H,3-4,6,13H2. The number of Topliss-reactive ketones (excluding diaryl/α,β-unsaturated/α-hetero) is 1. The van der Waals surface area contributed by atoms with E-state index in [9.17, 15) is 4.79 Å². The zero-order valence-corrected chi connectivity index (χ0v) is 9.94. The van der Waals surface area contributed by atoms with E-state index in [1.807, 2.05) is 0 Å². The summed E-state index contributed by atoms with van der Waals surface area (Å²) < 4.78 is 0. The summed E-state index contributed by atoms with van der Waals surface area (Å²) in [5.41, 5.74) is 7.81. The van der Waals surface area contributed by atoms with E-state index in [1.54, 1.807) is 18.2 Å². The zero-order chi connectivity index (χ0) is 10.6. The number of halogens is 2. The van der Waals surface area contributed by atoms with Crippen LogP contribution in [-0.2, 0) is 5.88 Å². The Morgan fingerprint density at radius 3 is 2.71 bits per heavy atom. The van der Waals surface area contributed by atoms with Gasteiger partial charge in [-0.15, -0.1) is 11.6 Å². The molecule has 2 nitrogen and oxygen atoms in total. The maximum Gasteiger partial charge on any atom is 0.163 e. The van der Waals surface area contributed by atoms with Crippen LogP contribution in [0.2, 0.25) is 0 Å². The summed E-state index contributed by atoms with van der Waals surface area (Å²) in [5.74, 6) is 0.466. The minimum atomic E-state index is 0.0923. The summed E-state index contributed by atoms with van der Waals surface area (Å²) in [6.45, 7) is 0. The second-order valence-corrected chi connectivity index (χ2v) is 3.97. The van der Waals surface area contributed by atoms with Crippen LogP contribution in [0.4, 0.5) is 5.69 Å². The molecule has 76 valence electrons. The van der Waals surface area contributed by atoms with Gasteiger partial charge in [-0.2, -0.15) is 0 Å². The molecule has 0 aliphatic rings. The molecule has 0 spiro atoms. The largest absolute Gasteiger partial charge is 0.398 e. The van der Waals surface area contributed by atoms with Crippen LogP contribution in [0.25, 0.3) is 0 Å². The molecule has 0 aliphatic heterocycles. The van der Waals surface area contributed by atoms with Crippen molar-refractivity contribution in [3.63, 3.8) is 0 Å². The molecular weight excluding hydrogens is 265 g/mol. The quantitative estimate of drug-likeness (QED) is 0.522. The molecule has 2 N–H and O–H groups in total. The third-order valence-electron chi connectivity index (χ3n) is 1.93. The Balaban J connectivity index is 2.91. The highest BCUT2D eigenvalue weighted by molar-refractivity contribution is 9.09. The molecule has 0 saturated carbocycles. The number of ketones is 1. The molecule has 0 aromatic heterocycles. The van der Waals surface area contributed by atoms with Gasteiger partial charge in [-0.3, -0.25) is 4.79 Å². The molecule has 0 saturated heterocycles. The number of alkyl halides is 2. The third kappa shape index (κ3) is 2.72. The summed E-state index contributed by atoms with van der Waals surface area (Å²) in [4.78, 5) is 11.5. The van der Waals surface area contributed by atoms with Crippen LogP contribution >= 0.6 is 27.5 Å². The summed E-state index contributed by atoms with van der Waals surface area (Å²) in [5, 5.41) is 0.670. The zero-order valence-electron chi connectivity index (χ0n) is 7.59. The molecule has 0 aliphatic carbocycles. The normalized spacial score (nSPS) is 10.1. The Hall–Kier alpha value is -0.540. The monoisotopic (exact) mass is 275 g/mol. The fourth-order valence-electron chi connectivity index (χ4n) is 1.12. The van der Waals surface area contributed by atoms with Crippen molar-refractivity contribution in [3.8, 4) is 0 Å². The predicted molar refractivity (Wildman–Crippen MR) is 63.2 cm³/mol. The molecule has 1 aromatic rings. The summed E-state index contributed by atoms with van der Waals surface area (Å²) in [6.07, 6.45) is 0.486. The van der Waals surface area contributed by atoms with E-state index < -0.39 is 0 Å². The van der Waals surface area contributed by atoms with Gasteiger partial charge in [0.2, 0.25) is 0 Å². The van der Waals surface area contributed by atoms with Gasteiger partial charge in [-0.05, 0) is 11.6 Å². The van der Waals surface area contributed by atoms with E-state index in [4.69, 9.17) is 17.3 Å². The molecule has 0 unspecified atom stereocenters. The van der Waals surface area contributed by atoms with Crippen LogP contribution in [0.1, 0.15) is 22.3 Å². The second-order valence-electron chi connectivity index (χ2n) is 2.91. The van der Waals surface area contributed by atoms with E-state index in [1.165, 1.54) is 0 Å². The average Bonchev–Trinajstić information content (AvgIpc) is 2.18. The van der Waals surface area contributed by atoms with Crippen LogP contribution in [0.3, 0.4) is 0 Å². The Bertz CT molecular complexity index is 341. The van der Waals surface area contributed by atoms with Crippen molar-refractivity contribution in [2.24, 2.45) is 0 Å². The number of nitrogens with two attached hydrogens (primary N) is 1. The fourth-order valence-corrected chi connectivity index (χ4v) is 1.72. The number of hydrogen-bond donors (Lipinski definition) is 1. The minimum Gasteiger partial charge on any atom is -0.398 e. The van der Waals surface area contributed by atoms with Gasteiger partial charge in [-0.1, -0.05) is 28.1 Å². The molecule has 0 heterocycles. The number of hydrogen-bond acceptors (Lipinski definition) is 2. The van der Waals surface area contributed by atoms with Gasteiger partial charge < -0.3 is 5.73 Å². The van der Waals surface area contributed by atoms with Crippen molar-refractivity contribution in [1.29, 1.82) is 0 Å². The van der Waals surface area contributed by atoms with Crippen molar-refractivity contribution < 1.29 is 4.79 Å². The van der Waals surface area contributed by atoms with Crippen LogP contribution < -0.4 is 5.73 Å². The molecule has 0 radical (unpaired) electrons. The van der Waals surface area contributed by atoms with Gasteiger partial charge >= 0.3 is 0 Å². The number of carbonyl (C=O) groups excluding carboxylic acids is 1. The van der Waals surface area contributed by atoms with E-state index in [0.717, 1.165) is 5.56 Å². The average molecular weight is 277 g/mol. The lowest BCUT2D eigenvalue weighted by Crippen LogP contribution is -2.02. The number of rotatable bonds is 4. The van der Waals surface area contributed by atoms with Gasteiger partial charge in [0.1, 0.15) is 0 Å². The van der Waals surface area contributed by atoms with Crippen LogP contribution in [0, 0.1) is 0 Å². The molecule has 1 aromatic carbocycles. The lowest BCUT2D eigenvalue weighted by atomic mass is 10.1. The maximum absolute atomic E-state index is 11.5. The molecule has 1 rings (SSSR count). The highest BCUT2D eigenvalue weighted by atomic mass is 79.9. The molecule has 0 fully saturated rings. The van der Waals surface area contributed by atoms with Gasteiger partial charge in [0.15, 0.2) is 5.78 Å². The first kappa shape index (κ1) is 11.5. The maximum atomic E-state index is 11.5. The Morgan fingerprint density at radius 2 is 2.21 bits per heavy atom. The highest BCUT2D eigenvalue weighted by Crippen LogP contribution is 2.17. The number of anilines is 1. The molecule has 0 atom stereocenters. The Labute approximate surface area is 96.6 Å². The van der Waals surface area contributed by atoms with Crippen molar-refractivity contribution in [1.82, 2.24) is 0 Å². The lowest BCUT2D eigenvalue weighted by molar-refractivity contribution is 0.0990. The molecule has 0 bridgehead atoms. The molecule has 14 heavy (non-hydrogen) atoms. The number of carbonyl (C=O) groups is 1. The van der Waals surface area contributed by atoms with Crippen LogP contribution in [0.5, 0.6) is 0 Å². The summed E-state index contributed by atoms with van der Waals surface area (Å²) in [7, 11) is 0. The number of benzene rings is 1. The van der Waals surface area contributed by atoms with Gasteiger partial charge in [0.25, 0.3) is 0 Å². The van der Waals surface area contributed by atoms with Gasteiger partial charge in [-0.25, -0.2) is 0 Å².